The second-order valence-corrected chi connectivity index (χ2v) is 6.57. The van der Waals surface area contributed by atoms with Gasteiger partial charge in [0.1, 0.15) is 17.4 Å². The molecule has 0 heterocycles. The number of nitrogens with zero attached hydrogens (tertiary/aromatic N) is 1. The Hall–Kier alpha value is -2.77. The Labute approximate surface area is 165 Å². The number of halogens is 1. The molecule has 140 valence electrons. The van der Waals surface area contributed by atoms with Crippen molar-refractivity contribution in [2.24, 2.45) is 0 Å². The highest BCUT2D eigenvalue weighted by atomic mass is 35.5. The number of nitrogens with one attached hydrogen (secondary N) is 1. The fourth-order valence-electron chi connectivity index (χ4n) is 2.46. The van der Waals surface area contributed by atoms with Gasteiger partial charge < -0.3 is 10.1 Å². The molecule has 0 spiro atoms. The second kappa shape index (κ2) is 9.80. The Morgan fingerprint density at radius 3 is 2.67 bits per heavy atom. The van der Waals surface area contributed by atoms with Crippen molar-refractivity contribution in [3.05, 3.63) is 64.2 Å². The van der Waals surface area contributed by atoms with Gasteiger partial charge in [-0.3, -0.25) is 4.79 Å². The van der Waals surface area contributed by atoms with Crippen molar-refractivity contribution in [2.45, 2.75) is 39.7 Å². The Morgan fingerprint density at radius 2 is 2.04 bits per heavy atom. The lowest BCUT2D eigenvalue weighted by Crippen LogP contribution is -2.14. The van der Waals surface area contributed by atoms with Crippen molar-refractivity contribution in [1.29, 1.82) is 5.26 Å². The van der Waals surface area contributed by atoms with Crippen LogP contribution in [0.5, 0.6) is 5.75 Å². The third kappa shape index (κ3) is 5.60. The molecule has 0 aliphatic rings. The van der Waals surface area contributed by atoms with Gasteiger partial charge in [0, 0.05) is 5.69 Å². The van der Waals surface area contributed by atoms with Crippen LogP contribution in [-0.2, 0) is 11.2 Å². The Morgan fingerprint density at radius 1 is 1.30 bits per heavy atom. The van der Waals surface area contributed by atoms with Crippen LogP contribution < -0.4 is 10.1 Å². The van der Waals surface area contributed by atoms with E-state index in [0.29, 0.717) is 22.0 Å². The van der Waals surface area contributed by atoms with Gasteiger partial charge in [0.25, 0.3) is 5.91 Å². The maximum Gasteiger partial charge on any atom is 0.266 e. The summed E-state index contributed by atoms with van der Waals surface area (Å²) in [5, 5.41) is 12.6. The summed E-state index contributed by atoms with van der Waals surface area (Å²) in [5.41, 5.74) is 2.39. The minimum absolute atomic E-state index is 0.00701. The Kier molecular flexibility index (Phi) is 7.45. The van der Waals surface area contributed by atoms with Crippen LogP contribution >= 0.6 is 11.6 Å². The first-order chi connectivity index (χ1) is 13.0. The molecule has 0 saturated carbocycles. The quantitative estimate of drug-likeness (QED) is 0.499. The minimum atomic E-state index is -0.450. The number of rotatable bonds is 7. The molecule has 0 aliphatic heterocycles. The lowest BCUT2D eigenvalue weighted by Gasteiger charge is -2.14. The number of para-hydroxylation sites is 1. The molecule has 27 heavy (non-hydrogen) atoms. The first kappa shape index (κ1) is 20.5. The lowest BCUT2D eigenvalue weighted by molar-refractivity contribution is -0.112. The third-order valence-corrected chi connectivity index (χ3v) is 4.48. The van der Waals surface area contributed by atoms with Gasteiger partial charge in [0.05, 0.1) is 11.1 Å². The number of ether oxygens (including phenoxy) is 1. The van der Waals surface area contributed by atoms with Gasteiger partial charge >= 0.3 is 0 Å². The largest absolute Gasteiger partial charge is 0.489 e. The van der Waals surface area contributed by atoms with E-state index in [-0.39, 0.29) is 11.7 Å². The average molecular weight is 383 g/mol. The van der Waals surface area contributed by atoms with E-state index >= 15 is 0 Å². The predicted octanol–water partition coefficient (Wildman–Crippen LogP) is 5.63. The number of aryl methyl sites for hydroxylation is 1. The SMILES string of the molecule is CCc1ccccc1NC(=O)/C(C#N)=C\c1ccc(O[C@H](C)CC)c(Cl)c1. The molecular formula is C22H23ClN2O2. The topological polar surface area (TPSA) is 62.1 Å². The van der Waals surface area contributed by atoms with Crippen LogP contribution in [0.2, 0.25) is 5.02 Å². The summed E-state index contributed by atoms with van der Waals surface area (Å²) in [6.45, 7) is 6.01. The summed E-state index contributed by atoms with van der Waals surface area (Å²) in [5.74, 6) is 0.137. The molecule has 0 fully saturated rings. The predicted molar refractivity (Wildman–Crippen MR) is 110 cm³/mol. The zero-order chi connectivity index (χ0) is 19.8. The minimum Gasteiger partial charge on any atom is -0.489 e. The van der Waals surface area contributed by atoms with Crippen molar-refractivity contribution in [3.8, 4) is 11.8 Å². The fourth-order valence-corrected chi connectivity index (χ4v) is 2.69. The van der Waals surface area contributed by atoms with Crippen molar-refractivity contribution in [3.63, 3.8) is 0 Å². The highest BCUT2D eigenvalue weighted by Gasteiger charge is 2.12. The smallest absolute Gasteiger partial charge is 0.266 e. The summed E-state index contributed by atoms with van der Waals surface area (Å²) in [7, 11) is 0. The second-order valence-electron chi connectivity index (χ2n) is 6.16. The number of carbonyl (C=O) groups excluding carboxylic acids is 1. The normalized spacial score (nSPS) is 12.2. The van der Waals surface area contributed by atoms with E-state index in [4.69, 9.17) is 16.3 Å². The van der Waals surface area contributed by atoms with E-state index in [9.17, 15) is 10.1 Å². The van der Waals surface area contributed by atoms with Crippen molar-refractivity contribution in [2.75, 3.05) is 5.32 Å². The van der Waals surface area contributed by atoms with Crippen LogP contribution in [0.3, 0.4) is 0 Å². The van der Waals surface area contributed by atoms with Gasteiger partial charge in [0.15, 0.2) is 0 Å². The zero-order valence-electron chi connectivity index (χ0n) is 15.8. The summed E-state index contributed by atoms with van der Waals surface area (Å²) in [4.78, 5) is 12.5. The Bertz CT molecular complexity index is 884. The molecule has 0 radical (unpaired) electrons. The summed E-state index contributed by atoms with van der Waals surface area (Å²) in [6.07, 6.45) is 3.23. The van der Waals surface area contributed by atoms with Gasteiger partial charge in [-0.1, -0.05) is 49.7 Å². The van der Waals surface area contributed by atoms with E-state index in [1.807, 2.05) is 51.1 Å². The molecule has 0 aromatic heterocycles. The van der Waals surface area contributed by atoms with Crippen molar-refractivity contribution in [1.82, 2.24) is 0 Å². The number of anilines is 1. The van der Waals surface area contributed by atoms with E-state index in [1.54, 1.807) is 18.2 Å². The standard InChI is InChI=1S/C22H23ClN2O2/c1-4-15(3)27-21-11-10-16(13-19(21)23)12-18(14-24)22(26)25-20-9-7-6-8-17(20)5-2/h6-13,15H,4-5H2,1-3H3,(H,25,26)/b18-12-/t15-/m1/s1. The number of hydrogen-bond donors (Lipinski definition) is 1. The van der Waals surface area contributed by atoms with Crippen LogP contribution in [0.15, 0.2) is 48.0 Å². The van der Waals surface area contributed by atoms with Gasteiger partial charge in [-0.05, 0) is 55.2 Å². The molecule has 5 heteroatoms. The number of benzene rings is 2. The molecule has 2 aromatic carbocycles. The van der Waals surface area contributed by atoms with Crippen LogP contribution in [0.25, 0.3) is 6.08 Å². The molecule has 1 amide bonds. The molecule has 0 aliphatic carbocycles. The lowest BCUT2D eigenvalue weighted by atomic mass is 10.1. The molecule has 2 aromatic rings. The number of nitriles is 1. The molecule has 2 rings (SSSR count). The monoisotopic (exact) mass is 382 g/mol. The van der Waals surface area contributed by atoms with Gasteiger partial charge in [-0.15, -0.1) is 0 Å². The van der Waals surface area contributed by atoms with Gasteiger partial charge in [-0.25, -0.2) is 0 Å². The third-order valence-electron chi connectivity index (χ3n) is 4.18. The number of amides is 1. The fraction of sp³-hybridized carbons (Fsp3) is 0.273. The van der Waals surface area contributed by atoms with Gasteiger partial charge in [-0.2, -0.15) is 5.26 Å². The molecule has 0 unspecified atom stereocenters. The zero-order valence-corrected chi connectivity index (χ0v) is 16.5. The van der Waals surface area contributed by atoms with E-state index in [0.717, 1.165) is 18.4 Å². The van der Waals surface area contributed by atoms with Crippen molar-refractivity contribution >= 4 is 29.3 Å². The highest BCUT2D eigenvalue weighted by molar-refractivity contribution is 6.32. The summed E-state index contributed by atoms with van der Waals surface area (Å²) < 4.78 is 5.74. The van der Waals surface area contributed by atoms with Crippen LogP contribution in [0, 0.1) is 11.3 Å². The van der Waals surface area contributed by atoms with Gasteiger partial charge in [0.2, 0.25) is 0 Å². The van der Waals surface area contributed by atoms with Crippen LogP contribution in [0.4, 0.5) is 5.69 Å². The maximum atomic E-state index is 12.5. The summed E-state index contributed by atoms with van der Waals surface area (Å²) in [6, 6.07) is 14.7. The Balaban J connectivity index is 2.21. The average Bonchev–Trinajstić information content (AvgIpc) is 2.68. The number of carbonyl (C=O) groups is 1. The van der Waals surface area contributed by atoms with E-state index < -0.39 is 5.91 Å². The molecule has 1 atom stereocenters. The molecule has 1 N–H and O–H groups in total. The molecule has 0 bridgehead atoms. The summed E-state index contributed by atoms with van der Waals surface area (Å²) >= 11 is 6.27. The molecular weight excluding hydrogens is 360 g/mol. The first-order valence-electron chi connectivity index (χ1n) is 8.95. The first-order valence-corrected chi connectivity index (χ1v) is 9.33. The van der Waals surface area contributed by atoms with E-state index in [1.165, 1.54) is 6.08 Å². The molecule has 0 saturated heterocycles. The maximum absolute atomic E-state index is 12.5. The molecule has 4 nitrogen and oxygen atoms in total. The van der Waals surface area contributed by atoms with Crippen molar-refractivity contribution < 1.29 is 9.53 Å². The van der Waals surface area contributed by atoms with Crippen LogP contribution in [0.1, 0.15) is 38.3 Å². The van der Waals surface area contributed by atoms with E-state index in [2.05, 4.69) is 5.32 Å². The number of hydrogen-bond acceptors (Lipinski definition) is 3. The van der Waals surface area contributed by atoms with Crippen LogP contribution in [-0.4, -0.2) is 12.0 Å². The highest BCUT2D eigenvalue weighted by Crippen LogP contribution is 2.28.